The van der Waals surface area contributed by atoms with E-state index in [-0.39, 0.29) is 42.2 Å². The zero-order valence-electron chi connectivity index (χ0n) is 10.1. The molecule has 6 nitrogen and oxygen atoms in total. The van der Waals surface area contributed by atoms with Crippen molar-refractivity contribution in [2.45, 2.75) is 0 Å². The van der Waals surface area contributed by atoms with Crippen LogP contribution < -0.4 is 10.6 Å². The van der Waals surface area contributed by atoms with Crippen LogP contribution in [-0.2, 0) is 9.59 Å². The van der Waals surface area contributed by atoms with Crippen LogP contribution in [-0.4, -0.2) is 46.4 Å². The van der Waals surface area contributed by atoms with Crippen molar-refractivity contribution in [3.8, 4) is 5.75 Å². The van der Waals surface area contributed by atoms with Gasteiger partial charge in [-0.1, -0.05) is 12.2 Å². The molecule has 0 aromatic heterocycles. The number of carbonyl (C=O) groups excluding carboxylic acids is 2. The van der Waals surface area contributed by atoms with Crippen molar-refractivity contribution in [2.24, 2.45) is 5.73 Å². The van der Waals surface area contributed by atoms with Gasteiger partial charge in [0.1, 0.15) is 5.75 Å². The van der Waals surface area contributed by atoms with E-state index in [0.717, 1.165) is 4.90 Å². The number of anilines is 1. The van der Waals surface area contributed by atoms with Gasteiger partial charge in [-0.2, -0.15) is 0 Å². The first-order valence-corrected chi connectivity index (χ1v) is 6.03. The van der Waals surface area contributed by atoms with Gasteiger partial charge >= 0.3 is 0 Å². The van der Waals surface area contributed by atoms with Crippen LogP contribution in [0.2, 0.25) is 0 Å². The molecule has 0 radical (unpaired) electrons. The summed E-state index contributed by atoms with van der Waals surface area (Å²) < 4.78 is 0. The van der Waals surface area contributed by atoms with Crippen LogP contribution in [0.15, 0.2) is 24.3 Å². The fraction of sp³-hybridized carbons (Fsp3) is 0.250. The smallest absolute Gasteiger partial charge is 0.249 e. The summed E-state index contributed by atoms with van der Waals surface area (Å²) >= 11 is 4.71. The molecule has 1 aromatic carbocycles. The van der Waals surface area contributed by atoms with Crippen LogP contribution in [0.3, 0.4) is 0 Å². The zero-order valence-corrected chi connectivity index (χ0v) is 10.9. The Bertz CT molecular complexity index is 512. The summed E-state index contributed by atoms with van der Waals surface area (Å²) in [6.45, 7) is 0.147. The average Bonchev–Trinajstić information content (AvgIpc) is 2.34. The molecule has 0 saturated carbocycles. The minimum atomic E-state index is -0.336. The Hall–Kier alpha value is -2.15. The van der Waals surface area contributed by atoms with Crippen LogP contribution in [0.25, 0.3) is 0 Å². The fourth-order valence-corrected chi connectivity index (χ4v) is 2.00. The first-order chi connectivity index (χ1) is 8.97. The van der Waals surface area contributed by atoms with Gasteiger partial charge in [0.25, 0.3) is 0 Å². The van der Waals surface area contributed by atoms with E-state index in [1.165, 1.54) is 12.1 Å². The van der Waals surface area contributed by atoms with E-state index in [0.29, 0.717) is 5.69 Å². The minimum absolute atomic E-state index is 0.0174. The summed E-state index contributed by atoms with van der Waals surface area (Å²) in [4.78, 5) is 26.6. The van der Waals surface area contributed by atoms with Gasteiger partial charge in [-0.05, 0) is 24.3 Å². The number of phenolic OH excluding ortho intramolecular Hbond substituents is 1. The van der Waals surface area contributed by atoms with E-state index in [2.05, 4.69) is 0 Å². The number of carbonyl (C=O) groups is 2. The second-order valence-corrected chi connectivity index (χ2v) is 4.74. The quantitative estimate of drug-likeness (QED) is 0.591. The predicted octanol–water partition coefficient (Wildman–Crippen LogP) is -0.147. The van der Waals surface area contributed by atoms with Gasteiger partial charge in [-0.3, -0.25) is 14.5 Å². The molecule has 3 N–H and O–H groups in total. The Kier molecular flexibility index (Phi) is 3.66. The molecular formula is C12H13N3O3S. The van der Waals surface area contributed by atoms with Crippen LogP contribution in [0, 0.1) is 0 Å². The number of aromatic hydroxyl groups is 1. The SMILES string of the molecule is NC(=S)CN1C(=O)CN(c2ccc(O)cc2)CC1=O. The molecule has 0 bridgehead atoms. The molecule has 1 aromatic rings. The van der Waals surface area contributed by atoms with Gasteiger partial charge in [0, 0.05) is 5.69 Å². The first kappa shape index (κ1) is 13.3. The van der Waals surface area contributed by atoms with Crippen LogP contribution in [0.1, 0.15) is 0 Å². The summed E-state index contributed by atoms with van der Waals surface area (Å²) in [7, 11) is 0. The van der Waals surface area contributed by atoms with Crippen molar-refractivity contribution in [3.05, 3.63) is 24.3 Å². The van der Waals surface area contributed by atoms with Gasteiger partial charge < -0.3 is 15.7 Å². The highest BCUT2D eigenvalue weighted by molar-refractivity contribution is 7.80. The highest BCUT2D eigenvalue weighted by Gasteiger charge is 2.31. The number of nitrogens with zero attached hydrogens (tertiary/aromatic N) is 2. The Morgan fingerprint density at radius 3 is 2.21 bits per heavy atom. The molecule has 1 saturated heterocycles. The number of hydrogen-bond donors (Lipinski definition) is 2. The highest BCUT2D eigenvalue weighted by Crippen LogP contribution is 2.20. The van der Waals surface area contributed by atoms with Crippen molar-refractivity contribution in [1.82, 2.24) is 4.90 Å². The maximum Gasteiger partial charge on any atom is 0.249 e. The van der Waals surface area contributed by atoms with Gasteiger partial charge in [-0.25, -0.2) is 0 Å². The van der Waals surface area contributed by atoms with Crippen molar-refractivity contribution in [2.75, 3.05) is 24.5 Å². The molecule has 19 heavy (non-hydrogen) atoms. The predicted molar refractivity (Wildman–Crippen MR) is 73.8 cm³/mol. The van der Waals surface area contributed by atoms with Gasteiger partial charge in [0.15, 0.2) is 0 Å². The number of piperazine rings is 1. The maximum atomic E-state index is 11.9. The summed E-state index contributed by atoms with van der Waals surface area (Å²) in [5.74, 6) is -0.539. The van der Waals surface area contributed by atoms with Crippen molar-refractivity contribution in [3.63, 3.8) is 0 Å². The Morgan fingerprint density at radius 2 is 1.74 bits per heavy atom. The topological polar surface area (TPSA) is 86.9 Å². The summed E-state index contributed by atoms with van der Waals surface area (Å²) in [6, 6.07) is 6.32. The molecule has 100 valence electrons. The van der Waals surface area contributed by atoms with Crippen molar-refractivity contribution >= 4 is 34.7 Å². The lowest BCUT2D eigenvalue weighted by atomic mass is 10.2. The lowest BCUT2D eigenvalue weighted by Crippen LogP contribution is -2.55. The van der Waals surface area contributed by atoms with Crippen LogP contribution >= 0.6 is 12.2 Å². The normalized spacial score (nSPS) is 15.8. The molecule has 1 fully saturated rings. The number of imide groups is 1. The third-order valence-electron chi connectivity index (χ3n) is 2.78. The second kappa shape index (κ2) is 5.23. The second-order valence-electron chi connectivity index (χ2n) is 4.21. The number of amides is 2. The Morgan fingerprint density at radius 1 is 1.21 bits per heavy atom. The standard InChI is InChI=1S/C12H13N3O3S/c13-10(19)5-15-11(17)6-14(7-12(15)18)8-1-3-9(16)4-2-8/h1-4,16H,5-7H2,(H2,13,19). The molecule has 2 amide bonds. The number of hydrogen-bond acceptors (Lipinski definition) is 5. The molecule has 1 aliphatic rings. The number of phenols is 1. The van der Waals surface area contributed by atoms with E-state index >= 15 is 0 Å². The molecule has 0 aliphatic carbocycles. The number of nitrogens with two attached hydrogens (primary N) is 1. The molecule has 2 rings (SSSR count). The molecular weight excluding hydrogens is 266 g/mol. The monoisotopic (exact) mass is 279 g/mol. The van der Waals surface area contributed by atoms with E-state index in [1.54, 1.807) is 17.0 Å². The number of benzene rings is 1. The third-order valence-corrected chi connectivity index (χ3v) is 2.91. The lowest BCUT2D eigenvalue weighted by molar-refractivity contribution is -0.144. The molecule has 1 aliphatic heterocycles. The largest absolute Gasteiger partial charge is 0.508 e. The average molecular weight is 279 g/mol. The third kappa shape index (κ3) is 3.00. The van der Waals surface area contributed by atoms with Gasteiger partial charge in [0.2, 0.25) is 11.8 Å². The van der Waals surface area contributed by atoms with E-state index in [9.17, 15) is 14.7 Å². The van der Waals surface area contributed by atoms with E-state index < -0.39 is 0 Å². The molecule has 7 heteroatoms. The van der Waals surface area contributed by atoms with Crippen LogP contribution in [0.4, 0.5) is 5.69 Å². The summed E-state index contributed by atoms with van der Waals surface area (Å²) in [6.07, 6.45) is 0. The zero-order chi connectivity index (χ0) is 14.0. The Labute approximate surface area is 115 Å². The summed E-state index contributed by atoms with van der Waals surface area (Å²) in [5.41, 5.74) is 6.06. The summed E-state index contributed by atoms with van der Waals surface area (Å²) in [5, 5.41) is 9.21. The van der Waals surface area contributed by atoms with Crippen molar-refractivity contribution in [1.29, 1.82) is 0 Å². The van der Waals surface area contributed by atoms with E-state index in [4.69, 9.17) is 18.0 Å². The maximum absolute atomic E-state index is 11.9. The Balaban J connectivity index is 2.13. The molecule has 0 unspecified atom stereocenters. The number of rotatable bonds is 3. The highest BCUT2D eigenvalue weighted by atomic mass is 32.1. The minimum Gasteiger partial charge on any atom is -0.508 e. The van der Waals surface area contributed by atoms with E-state index in [1.807, 2.05) is 0 Å². The van der Waals surface area contributed by atoms with Gasteiger partial charge in [0.05, 0.1) is 24.6 Å². The van der Waals surface area contributed by atoms with Crippen molar-refractivity contribution < 1.29 is 14.7 Å². The lowest BCUT2D eigenvalue weighted by Gasteiger charge is -2.33. The first-order valence-electron chi connectivity index (χ1n) is 5.63. The van der Waals surface area contributed by atoms with Gasteiger partial charge in [-0.15, -0.1) is 0 Å². The fourth-order valence-electron chi connectivity index (χ4n) is 1.87. The molecule has 0 atom stereocenters. The molecule has 1 heterocycles. The number of thiocarbonyl (C=S) groups is 1. The van der Waals surface area contributed by atoms with Crippen LogP contribution in [0.5, 0.6) is 5.75 Å². The molecule has 0 spiro atoms.